The van der Waals surface area contributed by atoms with Gasteiger partial charge < -0.3 is 23.9 Å². The van der Waals surface area contributed by atoms with Crippen LogP contribution in [0.1, 0.15) is 45.0 Å². The van der Waals surface area contributed by atoms with Crippen molar-refractivity contribution < 1.29 is 24.1 Å². The van der Waals surface area contributed by atoms with Crippen LogP contribution in [0.3, 0.4) is 0 Å². The van der Waals surface area contributed by atoms with E-state index in [2.05, 4.69) is 9.47 Å². The van der Waals surface area contributed by atoms with Crippen LogP contribution in [-0.4, -0.2) is 56.4 Å². The molecule has 1 N–H and O–H groups in total. The van der Waals surface area contributed by atoms with Crippen LogP contribution in [0.4, 0.5) is 0 Å². The summed E-state index contributed by atoms with van der Waals surface area (Å²) in [5.41, 5.74) is 5.80. The van der Waals surface area contributed by atoms with E-state index in [0.29, 0.717) is 42.2 Å². The van der Waals surface area contributed by atoms with Crippen molar-refractivity contribution in [2.45, 2.75) is 51.6 Å². The Kier molecular flexibility index (Phi) is 6.98. The molecule has 2 aromatic heterocycles. The Morgan fingerprint density at radius 3 is 2.78 bits per heavy atom. The number of pyridine rings is 1. The first-order valence-electron chi connectivity index (χ1n) is 13.7. The third-order valence-electron chi connectivity index (χ3n) is 8.05. The monoisotopic (exact) mass is 594 g/mol. The number of hydrogen-bond donors (Lipinski definition) is 1. The van der Waals surface area contributed by atoms with Crippen molar-refractivity contribution in [1.82, 2.24) is 19.4 Å². The molecule has 2 aromatic carbocycles. The molecule has 5 heterocycles. The summed E-state index contributed by atoms with van der Waals surface area (Å²) in [5, 5.41) is 10.7. The molecule has 0 aliphatic carbocycles. The molecule has 0 bridgehead atoms. The van der Waals surface area contributed by atoms with E-state index in [1.807, 2.05) is 18.2 Å². The fourth-order valence-corrected chi connectivity index (χ4v) is 6.22. The molecule has 0 radical (unpaired) electrons. The van der Waals surface area contributed by atoms with Crippen LogP contribution in [0.2, 0.25) is 10.0 Å². The number of carboxylic acids is 1. The molecular weight excluding hydrogens is 567 g/mol. The van der Waals surface area contributed by atoms with E-state index in [1.165, 1.54) is 0 Å². The lowest BCUT2D eigenvalue weighted by Gasteiger charge is -2.30. The van der Waals surface area contributed by atoms with E-state index in [4.69, 9.17) is 47.4 Å². The Bertz CT molecular complexity index is 1670. The molecule has 4 aromatic rings. The van der Waals surface area contributed by atoms with E-state index in [9.17, 15) is 9.90 Å². The predicted molar refractivity (Wildman–Crippen MR) is 153 cm³/mol. The standard InChI is InChI=1S/C30H28Cl2N4O5/c31-22-3-1-19(28-21(22)7-10-40-28)16-41-29-23(32)11-17-5-8-35(14-25(17)34-29)15-27-33-24-4-2-18(30(37)38)12-26(24)36(27)13-20-6-9-39-20/h1-4,11-12,20H,5-10,13-16H2,(H,37,38)/t20-/m0/s1. The highest BCUT2D eigenvalue weighted by molar-refractivity contribution is 6.32. The van der Waals surface area contributed by atoms with Gasteiger partial charge in [-0.25, -0.2) is 14.8 Å². The number of aromatic carboxylic acids is 1. The topological polar surface area (TPSA) is 98.9 Å². The first-order valence-corrected chi connectivity index (χ1v) is 14.5. The summed E-state index contributed by atoms with van der Waals surface area (Å²) in [6.45, 7) is 4.32. The number of ether oxygens (including phenoxy) is 3. The Morgan fingerprint density at radius 2 is 1.98 bits per heavy atom. The minimum atomic E-state index is -0.954. The highest BCUT2D eigenvalue weighted by atomic mass is 35.5. The van der Waals surface area contributed by atoms with Gasteiger partial charge in [0, 0.05) is 42.3 Å². The largest absolute Gasteiger partial charge is 0.492 e. The summed E-state index contributed by atoms with van der Waals surface area (Å²) in [4.78, 5) is 23.6. The molecule has 212 valence electrons. The molecule has 1 saturated heterocycles. The van der Waals surface area contributed by atoms with E-state index < -0.39 is 5.97 Å². The molecule has 41 heavy (non-hydrogen) atoms. The Hall–Kier alpha value is -3.37. The summed E-state index contributed by atoms with van der Waals surface area (Å²) >= 11 is 12.9. The fourth-order valence-electron chi connectivity index (χ4n) is 5.75. The number of rotatable bonds is 8. The SMILES string of the molecule is O=C(O)c1ccc2nc(CN3CCc4cc(Cl)c(OCc5ccc(Cl)c6c5OCC6)nc4C3)n(C[C@@H]3CCO3)c2c1. The Morgan fingerprint density at radius 1 is 1.10 bits per heavy atom. The molecule has 7 rings (SSSR count). The summed E-state index contributed by atoms with van der Waals surface area (Å²) in [6.07, 6.45) is 2.68. The van der Waals surface area contributed by atoms with Crippen LogP contribution in [0, 0.1) is 0 Å². The average molecular weight is 595 g/mol. The van der Waals surface area contributed by atoms with Crippen molar-refractivity contribution in [1.29, 1.82) is 0 Å². The maximum atomic E-state index is 11.6. The first-order chi connectivity index (χ1) is 19.9. The maximum Gasteiger partial charge on any atom is 0.335 e. The fraction of sp³-hybridized carbons (Fsp3) is 0.367. The molecule has 1 fully saturated rings. The number of aromatic nitrogens is 3. The van der Waals surface area contributed by atoms with Crippen molar-refractivity contribution >= 4 is 40.2 Å². The molecule has 1 atom stereocenters. The molecular formula is C30H28Cl2N4O5. The van der Waals surface area contributed by atoms with Crippen molar-refractivity contribution in [3.63, 3.8) is 0 Å². The van der Waals surface area contributed by atoms with E-state index in [-0.39, 0.29) is 18.3 Å². The molecule has 0 saturated carbocycles. The van der Waals surface area contributed by atoms with Gasteiger partial charge >= 0.3 is 5.97 Å². The number of nitrogens with zero attached hydrogens (tertiary/aromatic N) is 4. The number of fused-ring (bicyclic) bond motifs is 3. The van der Waals surface area contributed by atoms with Crippen molar-refractivity contribution in [3.8, 4) is 11.6 Å². The predicted octanol–water partition coefficient (Wildman–Crippen LogP) is 5.30. The summed E-state index contributed by atoms with van der Waals surface area (Å²) < 4.78 is 19.7. The molecule has 0 spiro atoms. The second-order valence-electron chi connectivity index (χ2n) is 10.7. The normalized spacial score (nSPS) is 18.0. The minimum Gasteiger partial charge on any atom is -0.492 e. The van der Waals surface area contributed by atoms with Gasteiger partial charge in [-0.1, -0.05) is 29.3 Å². The van der Waals surface area contributed by atoms with Gasteiger partial charge in [0.15, 0.2) is 0 Å². The van der Waals surface area contributed by atoms with Crippen LogP contribution in [0.5, 0.6) is 11.6 Å². The van der Waals surface area contributed by atoms with Crippen LogP contribution in [0.25, 0.3) is 11.0 Å². The number of imidazole rings is 1. The lowest BCUT2D eigenvalue weighted by molar-refractivity contribution is -0.0592. The lowest BCUT2D eigenvalue weighted by Crippen LogP contribution is -2.34. The van der Waals surface area contributed by atoms with Crippen molar-refractivity contribution in [2.24, 2.45) is 0 Å². The highest BCUT2D eigenvalue weighted by Crippen LogP contribution is 2.36. The molecule has 0 amide bonds. The molecule has 9 nitrogen and oxygen atoms in total. The molecule has 11 heteroatoms. The maximum absolute atomic E-state index is 11.6. The minimum absolute atomic E-state index is 0.109. The van der Waals surface area contributed by atoms with Gasteiger partial charge in [-0.3, -0.25) is 4.90 Å². The zero-order valence-corrected chi connectivity index (χ0v) is 23.7. The second kappa shape index (κ2) is 10.8. The van der Waals surface area contributed by atoms with Crippen LogP contribution in [0.15, 0.2) is 36.4 Å². The van der Waals surface area contributed by atoms with Gasteiger partial charge in [0.25, 0.3) is 0 Å². The molecule has 3 aliphatic rings. The van der Waals surface area contributed by atoms with Gasteiger partial charge in [0.1, 0.15) is 23.2 Å². The van der Waals surface area contributed by atoms with Crippen molar-refractivity contribution in [2.75, 3.05) is 19.8 Å². The summed E-state index contributed by atoms with van der Waals surface area (Å²) in [7, 11) is 0. The zero-order chi connectivity index (χ0) is 28.1. The lowest BCUT2D eigenvalue weighted by atomic mass is 10.1. The number of halogens is 2. The van der Waals surface area contributed by atoms with Gasteiger partial charge in [-0.2, -0.15) is 0 Å². The van der Waals surface area contributed by atoms with Crippen LogP contribution in [-0.2, 0) is 43.8 Å². The van der Waals surface area contributed by atoms with Crippen molar-refractivity contribution in [3.05, 3.63) is 80.2 Å². The van der Waals surface area contributed by atoms with Gasteiger partial charge in [-0.05, 0) is 48.7 Å². The first kappa shape index (κ1) is 26.5. The third kappa shape index (κ3) is 5.12. The van der Waals surface area contributed by atoms with E-state index in [1.54, 1.807) is 18.2 Å². The van der Waals surface area contributed by atoms with Gasteiger partial charge in [0.05, 0.1) is 48.1 Å². The second-order valence-corrected chi connectivity index (χ2v) is 11.5. The van der Waals surface area contributed by atoms with Gasteiger partial charge in [-0.15, -0.1) is 0 Å². The van der Waals surface area contributed by atoms with E-state index in [0.717, 1.165) is 77.4 Å². The number of carboxylic acid groups (broad SMARTS) is 1. The molecule has 3 aliphatic heterocycles. The highest BCUT2D eigenvalue weighted by Gasteiger charge is 2.26. The molecule has 0 unspecified atom stereocenters. The average Bonchev–Trinajstić information content (AvgIpc) is 3.56. The smallest absolute Gasteiger partial charge is 0.335 e. The quantitative estimate of drug-likeness (QED) is 0.293. The van der Waals surface area contributed by atoms with Gasteiger partial charge in [0.2, 0.25) is 5.88 Å². The summed E-state index contributed by atoms with van der Waals surface area (Å²) in [6, 6.07) is 10.8. The Balaban J connectivity index is 1.11. The Labute approximate surface area is 246 Å². The number of hydrogen-bond acceptors (Lipinski definition) is 7. The van der Waals surface area contributed by atoms with E-state index >= 15 is 0 Å². The number of benzene rings is 2. The van der Waals surface area contributed by atoms with Crippen LogP contribution >= 0.6 is 23.2 Å². The number of carbonyl (C=O) groups is 1. The zero-order valence-electron chi connectivity index (χ0n) is 22.2. The van der Waals surface area contributed by atoms with Crippen LogP contribution < -0.4 is 9.47 Å². The third-order valence-corrected chi connectivity index (χ3v) is 8.67. The summed E-state index contributed by atoms with van der Waals surface area (Å²) in [5.74, 6) is 1.11.